The summed E-state index contributed by atoms with van der Waals surface area (Å²) in [6, 6.07) is 0. The lowest BCUT2D eigenvalue weighted by molar-refractivity contribution is -0.121. The molecule has 0 fully saturated rings. The first-order valence-electron chi connectivity index (χ1n) is 5.75. The smallest absolute Gasteiger partial charge is 0.221 e. The van der Waals surface area contributed by atoms with Gasteiger partial charge in [-0.1, -0.05) is 6.92 Å². The number of nitrogens with one attached hydrogen (secondary N) is 3. The zero-order valence-electron chi connectivity index (χ0n) is 10.6. The van der Waals surface area contributed by atoms with E-state index in [0.29, 0.717) is 38.6 Å². The minimum absolute atomic E-state index is 0.0265. The van der Waals surface area contributed by atoms with Crippen molar-refractivity contribution in [3.8, 4) is 0 Å². The Hall–Kier alpha value is -1.34. The molecule has 0 bridgehead atoms. The van der Waals surface area contributed by atoms with Gasteiger partial charge in [-0.25, -0.2) is 5.84 Å². The largest absolute Gasteiger partial charge is 0.383 e. The van der Waals surface area contributed by atoms with Crippen molar-refractivity contribution in [2.45, 2.75) is 19.8 Å². The lowest BCUT2D eigenvalue weighted by atomic mass is 10.4. The molecule has 100 valence electrons. The molecule has 7 heteroatoms. The van der Waals surface area contributed by atoms with Gasteiger partial charge in [0.25, 0.3) is 0 Å². The third-order valence-corrected chi connectivity index (χ3v) is 1.90. The maximum atomic E-state index is 11.3. The number of carbonyl (C=O) groups is 1. The van der Waals surface area contributed by atoms with Gasteiger partial charge in [0.15, 0.2) is 0 Å². The molecule has 0 unspecified atom stereocenters. The lowest BCUT2D eigenvalue weighted by Crippen LogP contribution is -2.43. The molecule has 1 amide bonds. The van der Waals surface area contributed by atoms with Gasteiger partial charge < -0.3 is 15.4 Å². The average molecular weight is 245 g/mol. The first-order chi connectivity index (χ1) is 8.24. The summed E-state index contributed by atoms with van der Waals surface area (Å²) < 4.78 is 4.82. The highest BCUT2D eigenvalue weighted by Gasteiger charge is 2.01. The zero-order valence-corrected chi connectivity index (χ0v) is 10.6. The molecule has 0 aromatic heterocycles. The van der Waals surface area contributed by atoms with Crippen molar-refractivity contribution in [3.63, 3.8) is 0 Å². The van der Waals surface area contributed by atoms with Gasteiger partial charge in [0, 0.05) is 33.2 Å². The lowest BCUT2D eigenvalue weighted by Gasteiger charge is -2.09. The molecule has 17 heavy (non-hydrogen) atoms. The number of nitrogens with two attached hydrogens (primary N) is 1. The molecule has 0 saturated carbocycles. The molecule has 0 saturated heterocycles. The van der Waals surface area contributed by atoms with E-state index in [1.165, 1.54) is 0 Å². The van der Waals surface area contributed by atoms with Crippen molar-refractivity contribution < 1.29 is 9.53 Å². The van der Waals surface area contributed by atoms with Gasteiger partial charge in [0.2, 0.25) is 11.9 Å². The second kappa shape index (κ2) is 11.2. The molecule has 0 aliphatic heterocycles. The van der Waals surface area contributed by atoms with E-state index in [0.717, 1.165) is 6.42 Å². The van der Waals surface area contributed by atoms with Crippen LogP contribution in [0.1, 0.15) is 19.8 Å². The normalized spacial score (nSPS) is 11.1. The molecule has 0 aromatic rings. The minimum atomic E-state index is -0.0265. The summed E-state index contributed by atoms with van der Waals surface area (Å²) in [6.07, 6.45) is 1.32. The number of methoxy groups -OCH3 is 1. The van der Waals surface area contributed by atoms with Crippen molar-refractivity contribution in [3.05, 3.63) is 0 Å². The van der Waals surface area contributed by atoms with E-state index in [1.54, 1.807) is 7.11 Å². The van der Waals surface area contributed by atoms with Crippen molar-refractivity contribution in [1.29, 1.82) is 0 Å². The van der Waals surface area contributed by atoms with Gasteiger partial charge in [0.1, 0.15) is 0 Å². The summed E-state index contributed by atoms with van der Waals surface area (Å²) >= 11 is 0. The number of hydrogen-bond donors (Lipinski definition) is 4. The average Bonchev–Trinajstić information content (AvgIpc) is 2.34. The topological polar surface area (TPSA) is 101 Å². The molecule has 0 radical (unpaired) electrons. The molecule has 0 aliphatic carbocycles. The van der Waals surface area contributed by atoms with Crippen LogP contribution in [0.2, 0.25) is 0 Å². The fourth-order valence-electron chi connectivity index (χ4n) is 1.05. The number of ether oxygens (including phenoxy) is 1. The molecule has 0 aromatic carbocycles. The minimum Gasteiger partial charge on any atom is -0.383 e. The molecule has 0 aliphatic rings. The van der Waals surface area contributed by atoms with Gasteiger partial charge in [-0.3, -0.25) is 15.2 Å². The fraction of sp³-hybridized carbons (Fsp3) is 0.800. The third kappa shape index (κ3) is 9.58. The maximum Gasteiger partial charge on any atom is 0.221 e. The molecule has 0 spiro atoms. The van der Waals surface area contributed by atoms with Crippen LogP contribution in [-0.4, -0.2) is 45.2 Å². The van der Waals surface area contributed by atoms with Crippen molar-refractivity contribution in [2.75, 3.05) is 33.4 Å². The zero-order chi connectivity index (χ0) is 12.9. The number of hydrazine groups is 1. The highest BCUT2D eigenvalue weighted by molar-refractivity contribution is 5.80. The van der Waals surface area contributed by atoms with E-state index in [2.05, 4.69) is 21.1 Å². The summed E-state index contributed by atoms with van der Waals surface area (Å²) in [5, 5.41) is 5.67. The second-order valence-electron chi connectivity index (χ2n) is 3.39. The van der Waals surface area contributed by atoms with Gasteiger partial charge >= 0.3 is 0 Å². The van der Waals surface area contributed by atoms with Crippen LogP contribution < -0.4 is 21.9 Å². The Morgan fingerprint density at radius 1 is 1.35 bits per heavy atom. The van der Waals surface area contributed by atoms with E-state index >= 15 is 0 Å². The van der Waals surface area contributed by atoms with E-state index in [9.17, 15) is 4.79 Å². The number of rotatable bonds is 8. The Labute approximate surface area is 102 Å². The van der Waals surface area contributed by atoms with Crippen LogP contribution in [0.4, 0.5) is 0 Å². The van der Waals surface area contributed by atoms with Crippen molar-refractivity contribution in [1.82, 2.24) is 16.1 Å². The van der Waals surface area contributed by atoms with E-state index in [-0.39, 0.29) is 5.91 Å². The molecule has 0 rings (SSSR count). The Morgan fingerprint density at radius 2 is 2.12 bits per heavy atom. The monoisotopic (exact) mass is 245 g/mol. The van der Waals surface area contributed by atoms with Crippen LogP contribution in [0, 0.1) is 0 Å². The van der Waals surface area contributed by atoms with E-state index < -0.39 is 0 Å². The number of aliphatic imine (C=N–C) groups is 1. The van der Waals surface area contributed by atoms with E-state index in [4.69, 9.17) is 10.6 Å². The van der Waals surface area contributed by atoms with Crippen molar-refractivity contribution in [2.24, 2.45) is 10.8 Å². The van der Waals surface area contributed by atoms with Crippen LogP contribution in [0.15, 0.2) is 4.99 Å². The van der Waals surface area contributed by atoms with Gasteiger partial charge in [0.05, 0.1) is 6.61 Å². The predicted molar refractivity (Wildman–Crippen MR) is 67.4 cm³/mol. The summed E-state index contributed by atoms with van der Waals surface area (Å²) in [5.41, 5.74) is 2.45. The standard InChI is InChI=1S/C10H23N5O2/c1-3-5-13-10(15-11)14-6-4-9(16)12-7-8-17-2/h3-8,11H2,1-2H3,(H,12,16)(H2,13,14,15). The summed E-state index contributed by atoms with van der Waals surface area (Å²) in [5.74, 6) is 5.75. The number of nitrogens with zero attached hydrogens (tertiary/aromatic N) is 1. The Balaban J connectivity index is 3.62. The highest BCUT2D eigenvalue weighted by Crippen LogP contribution is 1.80. The molecular formula is C10H23N5O2. The Morgan fingerprint density at radius 3 is 2.71 bits per heavy atom. The number of carbonyl (C=O) groups excluding carboxylic acids is 1. The number of guanidine groups is 1. The van der Waals surface area contributed by atoms with Gasteiger partial charge in [-0.2, -0.15) is 0 Å². The molecule has 7 nitrogen and oxygen atoms in total. The summed E-state index contributed by atoms with van der Waals surface area (Å²) in [6.45, 7) is 4.27. The first kappa shape index (κ1) is 15.7. The predicted octanol–water partition coefficient (Wildman–Crippen LogP) is -1.04. The second-order valence-corrected chi connectivity index (χ2v) is 3.39. The third-order valence-electron chi connectivity index (χ3n) is 1.90. The van der Waals surface area contributed by atoms with Crippen molar-refractivity contribution >= 4 is 11.9 Å². The number of amides is 1. The molecular weight excluding hydrogens is 222 g/mol. The van der Waals surface area contributed by atoms with Gasteiger partial charge in [-0.05, 0) is 6.42 Å². The summed E-state index contributed by atoms with van der Waals surface area (Å²) in [4.78, 5) is 15.5. The van der Waals surface area contributed by atoms with Crippen LogP contribution in [0.25, 0.3) is 0 Å². The van der Waals surface area contributed by atoms with Crippen LogP contribution in [0.5, 0.6) is 0 Å². The Bertz CT molecular complexity index is 233. The summed E-state index contributed by atoms with van der Waals surface area (Å²) in [7, 11) is 1.59. The molecule has 5 N–H and O–H groups in total. The van der Waals surface area contributed by atoms with Crippen LogP contribution in [0.3, 0.4) is 0 Å². The van der Waals surface area contributed by atoms with E-state index in [1.807, 2.05) is 6.92 Å². The highest BCUT2D eigenvalue weighted by atomic mass is 16.5. The molecule has 0 atom stereocenters. The van der Waals surface area contributed by atoms with Crippen LogP contribution in [-0.2, 0) is 9.53 Å². The first-order valence-corrected chi connectivity index (χ1v) is 5.75. The molecule has 0 heterocycles. The maximum absolute atomic E-state index is 11.3. The van der Waals surface area contributed by atoms with Crippen LogP contribution >= 0.6 is 0 Å². The Kier molecular flexibility index (Phi) is 10.3. The number of hydrogen-bond acceptors (Lipinski definition) is 4. The van der Waals surface area contributed by atoms with Gasteiger partial charge in [-0.15, -0.1) is 0 Å². The fourth-order valence-corrected chi connectivity index (χ4v) is 1.05. The quantitative estimate of drug-likeness (QED) is 0.144. The SMILES string of the molecule is CCCN=C(NN)NCCC(=O)NCCOC.